The largest absolute Gasteiger partial charge is 0.496 e. The molecule has 0 unspecified atom stereocenters. The molecule has 0 saturated carbocycles. The van der Waals surface area contributed by atoms with E-state index in [1.165, 1.54) is 11.3 Å². The molecule has 0 amide bonds. The first-order valence-corrected chi connectivity index (χ1v) is 6.82. The molecule has 0 fully saturated rings. The normalized spacial score (nSPS) is 10.2. The highest BCUT2D eigenvalue weighted by molar-refractivity contribution is 7.15. The van der Waals surface area contributed by atoms with E-state index < -0.39 is 0 Å². The zero-order valence-corrected chi connectivity index (χ0v) is 12.7. The van der Waals surface area contributed by atoms with Gasteiger partial charge in [0.1, 0.15) is 11.8 Å². The summed E-state index contributed by atoms with van der Waals surface area (Å²) in [6.45, 7) is 4.54. The Morgan fingerprint density at radius 3 is 2.75 bits per heavy atom. The Bertz CT molecular complexity index is 661. The van der Waals surface area contributed by atoms with Crippen LogP contribution in [-0.2, 0) is 6.54 Å². The number of nitriles is 1. The Labute approximate surface area is 121 Å². The molecular weight excluding hydrogens is 274 g/mol. The van der Waals surface area contributed by atoms with Crippen molar-refractivity contribution in [3.63, 3.8) is 0 Å². The van der Waals surface area contributed by atoms with Crippen LogP contribution in [0.1, 0.15) is 21.8 Å². The zero-order valence-electron chi connectivity index (χ0n) is 11.8. The maximum Gasteiger partial charge on any atom is 0.219 e. The molecule has 0 aliphatic carbocycles. The van der Waals surface area contributed by atoms with Crippen molar-refractivity contribution >= 4 is 16.5 Å². The minimum atomic E-state index is 0.359. The van der Waals surface area contributed by atoms with Crippen molar-refractivity contribution in [1.82, 2.24) is 15.2 Å². The van der Waals surface area contributed by atoms with Gasteiger partial charge < -0.3 is 9.64 Å². The molecule has 2 aromatic heterocycles. The lowest BCUT2D eigenvalue weighted by atomic mass is 10.1. The number of pyridine rings is 1. The average Bonchev–Trinajstić information content (AvgIpc) is 2.91. The highest BCUT2D eigenvalue weighted by atomic mass is 32.1. The summed E-state index contributed by atoms with van der Waals surface area (Å²) in [5.41, 5.74) is 2.95. The minimum absolute atomic E-state index is 0.359. The molecule has 6 nitrogen and oxygen atoms in total. The van der Waals surface area contributed by atoms with Gasteiger partial charge in [0.05, 0.1) is 19.3 Å². The fourth-order valence-electron chi connectivity index (χ4n) is 1.94. The van der Waals surface area contributed by atoms with Crippen LogP contribution < -0.4 is 9.64 Å². The topological polar surface area (TPSA) is 74.9 Å². The fraction of sp³-hybridized carbons (Fsp3) is 0.385. The first-order valence-electron chi connectivity index (χ1n) is 6.00. The monoisotopic (exact) mass is 289 g/mol. The molecule has 0 aliphatic heterocycles. The Morgan fingerprint density at radius 2 is 2.15 bits per heavy atom. The lowest BCUT2D eigenvalue weighted by Gasteiger charge is -2.18. The lowest BCUT2D eigenvalue weighted by molar-refractivity contribution is 0.407. The molecule has 0 bridgehead atoms. The van der Waals surface area contributed by atoms with Crippen LogP contribution in [0.3, 0.4) is 0 Å². The molecule has 2 aromatic rings. The molecular formula is C13H15N5OS. The number of ether oxygens (including phenoxy) is 1. The van der Waals surface area contributed by atoms with E-state index in [0.717, 1.165) is 22.6 Å². The molecule has 0 N–H and O–H groups in total. The quantitative estimate of drug-likeness (QED) is 0.857. The SMILES string of the molecule is COc1c(C)cnc(CN(C)c2nnc(C#N)s2)c1C. The van der Waals surface area contributed by atoms with E-state index in [-0.39, 0.29) is 0 Å². The van der Waals surface area contributed by atoms with Gasteiger partial charge in [-0.1, -0.05) is 11.3 Å². The van der Waals surface area contributed by atoms with E-state index in [1.807, 2.05) is 31.9 Å². The second-order valence-electron chi connectivity index (χ2n) is 4.40. The standard InChI is InChI=1S/C13H15N5OS/c1-8-6-15-10(9(2)12(8)19-4)7-18(3)13-17-16-11(5-14)20-13/h6H,7H2,1-4H3. The van der Waals surface area contributed by atoms with Crippen molar-refractivity contribution in [2.24, 2.45) is 0 Å². The van der Waals surface area contributed by atoms with E-state index in [9.17, 15) is 0 Å². The number of hydrogen-bond acceptors (Lipinski definition) is 7. The average molecular weight is 289 g/mol. The number of anilines is 1. The van der Waals surface area contributed by atoms with Crippen LogP contribution in [0.4, 0.5) is 5.13 Å². The van der Waals surface area contributed by atoms with Gasteiger partial charge in [0.15, 0.2) is 0 Å². The van der Waals surface area contributed by atoms with Crippen molar-refractivity contribution in [1.29, 1.82) is 5.26 Å². The van der Waals surface area contributed by atoms with Crippen molar-refractivity contribution in [3.05, 3.63) is 28.0 Å². The van der Waals surface area contributed by atoms with Gasteiger partial charge >= 0.3 is 0 Å². The van der Waals surface area contributed by atoms with Crippen molar-refractivity contribution < 1.29 is 4.74 Å². The molecule has 104 valence electrons. The minimum Gasteiger partial charge on any atom is -0.496 e. The Kier molecular flexibility index (Phi) is 4.15. The predicted octanol–water partition coefficient (Wildman–Crippen LogP) is 2.07. The number of aryl methyl sites for hydroxylation is 1. The fourth-order valence-corrected chi connectivity index (χ4v) is 2.54. The molecule has 2 heterocycles. The summed E-state index contributed by atoms with van der Waals surface area (Å²) in [5.74, 6) is 0.860. The molecule has 0 radical (unpaired) electrons. The molecule has 0 atom stereocenters. The van der Waals surface area contributed by atoms with Crippen LogP contribution in [0, 0.1) is 25.2 Å². The van der Waals surface area contributed by atoms with E-state index >= 15 is 0 Å². The van der Waals surface area contributed by atoms with Crippen LogP contribution in [-0.4, -0.2) is 29.3 Å². The molecule has 7 heteroatoms. The number of hydrogen-bond donors (Lipinski definition) is 0. The summed E-state index contributed by atoms with van der Waals surface area (Å²) in [4.78, 5) is 6.37. The maximum absolute atomic E-state index is 8.78. The molecule has 2 rings (SSSR count). The third-order valence-electron chi connectivity index (χ3n) is 2.97. The summed E-state index contributed by atoms with van der Waals surface area (Å²) < 4.78 is 5.40. The first-order chi connectivity index (χ1) is 9.56. The lowest BCUT2D eigenvalue weighted by Crippen LogP contribution is -2.18. The third kappa shape index (κ3) is 2.70. The Hall–Kier alpha value is -2.20. The molecule has 0 aliphatic rings. The highest BCUT2D eigenvalue weighted by Crippen LogP contribution is 2.26. The van der Waals surface area contributed by atoms with Gasteiger partial charge in [-0.05, 0) is 13.8 Å². The summed E-state index contributed by atoms with van der Waals surface area (Å²) in [6.07, 6.45) is 1.80. The van der Waals surface area contributed by atoms with Crippen LogP contribution in [0.15, 0.2) is 6.20 Å². The van der Waals surface area contributed by atoms with E-state index in [4.69, 9.17) is 10.00 Å². The Balaban J connectivity index is 2.24. The summed E-state index contributed by atoms with van der Waals surface area (Å²) in [7, 11) is 3.56. The maximum atomic E-state index is 8.78. The summed E-state index contributed by atoms with van der Waals surface area (Å²) in [5, 5.41) is 17.6. The van der Waals surface area contributed by atoms with E-state index in [0.29, 0.717) is 16.7 Å². The van der Waals surface area contributed by atoms with Gasteiger partial charge in [-0.3, -0.25) is 4.98 Å². The van der Waals surface area contributed by atoms with Crippen LogP contribution in [0.5, 0.6) is 5.75 Å². The van der Waals surface area contributed by atoms with Gasteiger partial charge in [-0.2, -0.15) is 5.26 Å². The number of rotatable bonds is 4. The second kappa shape index (κ2) is 5.84. The van der Waals surface area contributed by atoms with Crippen molar-refractivity contribution in [2.75, 3.05) is 19.1 Å². The molecule has 0 spiro atoms. The van der Waals surface area contributed by atoms with Gasteiger partial charge in [-0.25, -0.2) is 0 Å². The van der Waals surface area contributed by atoms with Crippen LogP contribution >= 0.6 is 11.3 Å². The molecule has 0 aromatic carbocycles. The van der Waals surface area contributed by atoms with Crippen LogP contribution in [0.25, 0.3) is 0 Å². The summed E-state index contributed by atoms with van der Waals surface area (Å²) >= 11 is 1.26. The first kappa shape index (κ1) is 14.2. The predicted molar refractivity (Wildman–Crippen MR) is 77.0 cm³/mol. The van der Waals surface area contributed by atoms with Crippen molar-refractivity contribution in [3.8, 4) is 11.8 Å². The van der Waals surface area contributed by atoms with Gasteiger partial charge in [0.25, 0.3) is 0 Å². The van der Waals surface area contributed by atoms with E-state index in [1.54, 1.807) is 13.3 Å². The highest BCUT2D eigenvalue weighted by Gasteiger charge is 2.14. The van der Waals surface area contributed by atoms with Crippen LogP contribution in [0.2, 0.25) is 0 Å². The summed E-state index contributed by atoms with van der Waals surface area (Å²) in [6, 6.07) is 1.99. The van der Waals surface area contributed by atoms with Gasteiger partial charge in [0, 0.05) is 24.4 Å². The third-order valence-corrected chi connectivity index (χ3v) is 3.92. The number of aromatic nitrogens is 3. The van der Waals surface area contributed by atoms with Gasteiger partial charge in [0.2, 0.25) is 10.1 Å². The smallest absolute Gasteiger partial charge is 0.219 e. The van der Waals surface area contributed by atoms with Gasteiger partial charge in [-0.15, -0.1) is 10.2 Å². The van der Waals surface area contributed by atoms with E-state index in [2.05, 4.69) is 15.2 Å². The number of nitrogens with zero attached hydrogens (tertiary/aromatic N) is 5. The zero-order chi connectivity index (χ0) is 14.7. The number of methoxy groups -OCH3 is 1. The molecule has 0 saturated heterocycles. The van der Waals surface area contributed by atoms with Crippen molar-refractivity contribution in [2.45, 2.75) is 20.4 Å². The second-order valence-corrected chi connectivity index (χ2v) is 5.36. The molecule has 20 heavy (non-hydrogen) atoms. The Morgan fingerprint density at radius 1 is 1.40 bits per heavy atom.